The first-order valence-corrected chi connectivity index (χ1v) is 14.0. The van der Waals surface area contributed by atoms with Gasteiger partial charge < -0.3 is 31.3 Å². The number of ether oxygens (including phenoxy) is 1. The molecule has 3 rings (SSSR count). The molecule has 14 heteroatoms. The standard InChI is InChI=1S/C27H40F2N6O6/c1-2-3-4-5-6-7-8-9-10-11-13-33-15-16-34(21(24(31)39)20(33)23(30)38)19-12-14-35(26(40)32-19)25-27(28,29)22(37)18(17-36)41-25/h12,14-16,18,22,25,36-37H,2-11,13,17H2,1H3,(H2,30,38)(H2,31,39). The van der Waals surface area contributed by atoms with E-state index >= 15 is 0 Å². The van der Waals surface area contributed by atoms with Crippen molar-refractivity contribution in [1.82, 2.24) is 14.5 Å². The summed E-state index contributed by atoms with van der Waals surface area (Å²) in [5, 5.41) is 19.0. The highest BCUT2D eigenvalue weighted by Crippen LogP contribution is 2.42. The average molecular weight is 583 g/mol. The fourth-order valence-corrected chi connectivity index (χ4v) is 5.02. The van der Waals surface area contributed by atoms with Crippen molar-refractivity contribution in [3.63, 3.8) is 0 Å². The highest BCUT2D eigenvalue weighted by Gasteiger charge is 2.59. The summed E-state index contributed by atoms with van der Waals surface area (Å²) in [6, 6.07) is 1.14. The second kappa shape index (κ2) is 14.5. The number of aliphatic hydroxyl groups is 2. The lowest BCUT2D eigenvalue weighted by Gasteiger charge is -2.33. The van der Waals surface area contributed by atoms with Gasteiger partial charge in [0.05, 0.1) is 6.61 Å². The number of carbonyl (C=O) groups excluding carboxylic acids is 2. The first kappa shape index (κ1) is 32.2. The zero-order chi connectivity index (χ0) is 30.2. The number of aliphatic hydroxyl groups excluding tert-OH is 2. The van der Waals surface area contributed by atoms with E-state index in [2.05, 4.69) is 11.9 Å². The van der Waals surface area contributed by atoms with Crippen LogP contribution in [0.15, 0.2) is 40.9 Å². The van der Waals surface area contributed by atoms with E-state index in [0.717, 1.165) is 42.8 Å². The molecule has 41 heavy (non-hydrogen) atoms. The van der Waals surface area contributed by atoms with Crippen LogP contribution >= 0.6 is 0 Å². The Morgan fingerprint density at radius 1 is 1.00 bits per heavy atom. The smallest absolute Gasteiger partial charge is 0.351 e. The van der Waals surface area contributed by atoms with Crippen LogP contribution in [-0.4, -0.2) is 67.8 Å². The van der Waals surface area contributed by atoms with Crippen LogP contribution in [0.3, 0.4) is 0 Å². The summed E-state index contributed by atoms with van der Waals surface area (Å²) in [4.78, 5) is 44.0. The topological polar surface area (TPSA) is 177 Å². The molecule has 3 atom stereocenters. The van der Waals surface area contributed by atoms with Gasteiger partial charge in [-0.1, -0.05) is 64.7 Å². The van der Waals surface area contributed by atoms with Gasteiger partial charge in [-0.2, -0.15) is 13.8 Å². The molecule has 0 radical (unpaired) electrons. The molecule has 1 fully saturated rings. The summed E-state index contributed by atoms with van der Waals surface area (Å²) < 4.78 is 34.5. The number of nitrogens with two attached hydrogens (primary N) is 2. The lowest BCUT2D eigenvalue weighted by atomic mass is 10.1. The molecule has 0 aliphatic carbocycles. The van der Waals surface area contributed by atoms with Gasteiger partial charge in [0.1, 0.15) is 23.3 Å². The molecule has 3 unspecified atom stereocenters. The van der Waals surface area contributed by atoms with E-state index in [1.54, 1.807) is 0 Å². The summed E-state index contributed by atoms with van der Waals surface area (Å²) in [6.45, 7) is 1.70. The maximum atomic E-state index is 14.5. The largest absolute Gasteiger partial charge is 0.394 e. The molecule has 1 aromatic heterocycles. The molecule has 1 saturated heterocycles. The summed E-state index contributed by atoms with van der Waals surface area (Å²) in [5.41, 5.74) is 9.52. The van der Waals surface area contributed by atoms with Gasteiger partial charge in [0.25, 0.3) is 11.8 Å². The zero-order valence-corrected chi connectivity index (χ0v) is 23.3. The van der Waals surface area contributed by atoms with Gasteiger partial charge in [-0.3, -0.25) is 19.1 Å². The quantitative estimate of drug-likeness (QED) is 0.212. The van der Waals surface area contributed by atoms with Crippen LogP contribution in [0, 0.1) is 0 Å². The molecule has 1 aromatic rings. The van der Waals surface area contributed by atoms with Gasteiger partial charge >= 0.3 is 11.6 Å². The van der Waals surface area contributed by atoms with Gasteiger partial charge in [-0.05, 0) is 12.5 Å². The van der Waals surface area contributed by atoms with Gasteiger partial charge in [-0.15, -0.1) is 0 Å². The van der Waals surface area contributed by atoms with Gasteiger partial charge in [0, 0.05) is 25.1 Å². The summed E-state index contributed by atoms with van der Waals surface area (Å²) in [7, 11) is 0. The van der Waals surface area contributed by atoms with Crippen molar-refractivity contribution in [2.24, 2.45) is 11.5 Å². The maximum Gasteiger partial charge on any atom is 0.351 e. The third-order valence-electron chi connectivity index (χ3n) is 7.24. The normalized spacial score (nSPS) is 22.0. The molecule has 0 saturated carbocycles. The van der Waals surface area contributed by atoms with Crippen LogP contribution in [0.5, 0.6) is 0 Å². The Morgan fingerprint density at radius 3 is 2.10 bits per heavy atom. The van der Waals surface area contributed by atoms with Crippen molar-refractivity contribution in [2.75, 3.05) is 18.1 Å². The second-order valence-corrected chi connectivity index (χ2v) is 10.3. The molecule has 0 aromatic carbocycles. The first-order valence-electron chi connectivity index (χ1n) is 14.0. The van der Waals surface area contributed by atoms with Crippen molar-refractivity contribution in [3.8, 4) is 0 Å². The van der Waals surface area contributed by atoms with E-state index in [4.69, 9.17) is 16.2 Å². The first-order chi connectivity index (χ1) is 19.5. The lowest BCUT2D eigenvalue weighted by Crippen LogP contribution is -2.43. The Labute approximate surface area is 237 Å². The number of carbonyl (C=O) groups is 2. The van der Waals surface area contributed by atoms with E-state index in [-0.39, 0.29) is 17.2 Å². The van der Waals surface area contributed by atoms with E-state index in [9.17, 15) is 33.4 Å². The monoisotopic (exact) mass is 582 g/mol. The maximum absolute atomic E-state index is 14.5. The number of alkyl halides is 2. The molecule has 12 nitrogen and oxygen atoms in total. The minimum Gasteiger partial charge on any atom is -0.394 e. The summed E-state index contributed by atoms with van der Waals surface area (Å²) in [6.07, 6.45) is 8.90. The van der Waals surface area contributed by atoms with Crippen LogP contribution in [0.2, 0.25) is 0 Å². The number of rotatable bonds is 16. The van der Waals surface area contributed by atoms with Gasteiger partial charge in [0.15, 0.2) is 6.10 Å². The number of hydrogen-bond donors (Lipinski definition) is 4. The highest BCUT2D eigenvalue weighted by molar-refractivity contribution is 6.06. The lowest BCUT2D eigenvalue weighted by molar-refractivity contribution is -0.140. The Morgan fingerprint density at radius 2 is 1.59 bits per heavy atom. The fourth-order valence-electron chi connectivity index (χ4n) is 5.02. The Bertz CT molecular complexity index is 1190. The molecular weight excluding hydrogens is 542 g/mol. The number of halogens is 2. The van der Waals surface area contributed by atoms with Crippen molar-refractivity contribution < 1.29 is 33.3 Å². The number of amides is 2. The summed E-state index contributed by atoms with van der Waals surface area (Å²) in [5.74, 6) is -6.01. The minimum absolute atomic E-state index is 0.179. The second-order valence-electron chi connectivity index (χ2n) is 10.3. The van der Waals surface area contributed by atoms with Crippen LogP contribution in [-0.2, 0) is 14.3 Å². The molecule has 6 N–H and O–H groups in total. The molecule has 2 aliphatic rings. The highest BCUT2D eigenvalue weighted by atomic mass is 19.3. The zero-order valence-electron chi connectivity index (χ0n) is 23.3. The van der Waals surface area contributed by atoms with Crippen molar-refractivity contribution in [2.45, 2.75) is 95.5 Å². The van der Waals surface area contributed by atoms with Crippen LogP contribution < -0.4 is 22.1 Å². The predicted octanol–water partition coefficient (Wildman–Crippen LogP) is 1.83. The summed E-state index contributed by atoms with van der Waals surface area (Å²) >= 11 is 0. The van der Waals surface area contributed by atoms with Crippen LogP contribution in [0.4, 0.5) is 14.6 Å². The molecule has 0 spiro atoms. The number of aromatic nitrogens is 2. The number of nitrogens with zero attached hydrogens (tertiary/aromatic N) is 4. The number of primary amides is 2. The molecule has 2 aliphatic heterocycles. The number of hydrogen-bond acceptors (Lipinski definition) is 9. The average Bonchev–Trinajstić information content (AvgIpc) is 3.16. The van der Waals surface area contributed by atoms with Gasteiger partial charge in [0.2, 0.25) is 6.23 Å². The molecule has 3 heterocycles. The Hall–Kier alpha value is -3.36. The third kappa shape index (κ3) is 7.49. The van der Waals surface area contributed by atoms with Crippen molar-refractivity contribution >= 4 is 17.6 Å². The van der Waals surface area contributed by atoms with E-state index in [1.165, 1.54) is 55.8 Å². The molecular formula is C27H40F2N6O6. The predicted molar refractivity (Wildman–Crippen MR) is 146 cm³/mol. The Kier molecular flexibility index (Phi) is 11.4. The SMILES string of the molecule is CCCCCCCCCCCCN1C=CN(c2ccn(C3OC(CO)C(O)C3(F)F)c(=O)n2)C(C(N)=O)=C1C(N)=O. The van der Waals surface area contributed by atoms with Crippen molar-refractivity contribution in [1.29, 1.82) is 0 Å². The van der Waals surface area contributed by atoms with E-state index in [0.29, 0.717) is 11.1 Å². The van der Waals surface area contributed by atoms with Crippen LogP contribution in [0.25, 0.3) is 0 Å². The fraction of sp³-hybridized carbons (Fsp3) is 0.630. The van der Waals surface area contributed by atoms with Gasteiger partial charge in [-0.25, -0.2) is 4.79 Å². The molecule has 228 valence electrons. The van der Waals surface area contributed by atoms with E-state index < -0.39 is 48.5 Å². The Balaban J connectivity index is 1.71. The molecule has 2 amide bonds. The number of unbranched alkanes of at least 4 members (excludes halogenated alkanes) is 9. The van der Waals surface area contributed by atoms with Crippen LogP contribution in [0.1, 0.15) is 77.4 Å². The van der Waals surface area contributed by atoms with E-state index in [1.807, 2.05) is 0 Å². The third-order valence-corrected chi connectivity index (χ3v) is 7.24. The van der Waals surface area contributed by atoms with Crippen molar-refractivity contribution in [3.05, 3.63) is 46.5 Å². The number of anilines is 1. The molecule has 0 bridgehead atoms. The minimum atomic E-state index is -3.89.